The maximum atomic E-state index is 12.8. The molecule has 4 rings (SSSR count). The molecule has 2 saturated heterocycles. The lowest BCUT2D eigenvalue weighted by atomic mass is 10.0. The van der Waals surface area contributed by atoms with Gasteiger partial charge in [0.05, 0.1) is 32.0 Å². The molecule has 0 spiro atoms. The number of pyridine rings is 1. The standard InChI is InChI=1S/C23H29N3O4/c1-29-19-6-4-18(5-7-19)23(28)26-14-21(22(27)15-26)25-11-8-20(9-12-25)30-16-17-3-2-10-24-13-17/h2-7,10,13,20-22,27H,8-9,11-12,14-16H2,1H3/t21-,22-/m1/s1. The molecule has 7 nitrogen and oxygen atoms in total. The highest BCUT2D eigenvalue weighted by Crippen LogP contribution is 2.24. The first-order chi connectivity index (χ1) is 14.6. The summed E-state index contributed by atoms with van der Waals surface area (Å²) in [5, 5.41) is 10.6. The van der Waals surface area contributed by atoms with Gasteiger partial charge < -0.3 is 19.5 Å². The summed E-state index contributed by atoms with van der Waals surface area (Å²) in [7, 11) is 1.60. The van der Waals surface area contributed by atoms with Gasteiger partial charge in [0.25, 0.3) is 5.91 Å². The minimum absolute atomic E-state index is 0.0218. The third-order valence-corrected chi connectivity index (χ3v) is 6.04. The molecule has 160 valence electrons. The maximum Gasteiger partial charge on any atom is 0.254 e. The Kier molecular flexibility index (Phi) is 6.62. The van der Waals surface area contributed by atoms with Crippen LogP contribution in [0.3, 0.4) is 0 Å². The predicted octanol–water partition coefficient (Wildman–Crippen LogP) is 1.96. The van der Waals surface area contributed by atoms with Gasteiger partial charge in [-0.2, -0.15) is 0 Å². The molecule has 2 atom stereocenters. The molecule has 1 amide bonds. The molecule has 0 saturated carbocycles. The number of hydrogen-bond acceptors (Lipinski definition) is 6. The number of hydrogen-bond donors (Lipinski definition) is 1. The van der Waals surface area contributed by atoms with Crippen molar-refractivity contribution in [2.75, 3.05) is 33.3 Å². The molecule has 1 aromatic heterocycles. The molecule has 7 heteroatoms. The van der Waals surface area contributed by atoms with Gasteiger partial charge >= 0.3 is 0 Å². The molecule has 3 heterocycles. The quantitative estimate of drug-likeness (QED) is 0.783. The van der Waals surface area contributed by atoms with E-state index >= 15 is 0 Å². The van der Waals surface area contributed by atoms with E-state index < -0.39 is 6.10 Å². The molecule has 2 aromatic rings. The molecule has 0 aliphatic carbocycles. The first kappa shape index (κ1) is 20.8. The summed E-state index contributed by atoms with van der Waals surface area (Å²) >= 11 is 0. The number of carbonyl (C=O) groups excluding carboxylic acids is 1. The van der Waals surface area contributed by atoms with Crippen LogP contribution in [0, 0.1) is 0 Å². The molecular formula is C23H29N3O4. The second kappa shape index (κ2) is 9.55. The molecule has 30 heavy (non-hydrogen) atoms. The number of benzene rings is 1. The second-order valence-corrected chi connectivity index (χ2v) is 7.98. The van der Waals surface area contributed by atoms with Gasteiger partial charge in [-0.3, -0.25) is 14.7 Å². The smallest absolute Gasteiger partial charge is 0.254 e. The Hall–Kier alpha value is -2.48. The highest BCUT2D eigenvalue weighted by molar-refractivity contribution is 5.94. The number of methoxy groups -OCH3 is 1. The average Bonchev–Trinajstić information content (AvgIpc) is 3.20. The average molecular weight is 412 g/mol. The van der Waals surface area contributed by atoms with Crippen molar-refractivity contribution in [3.63, 3.8) is 0 Å². The molecule has 2 fully saturated rings. The Morgan fingerprint density at radius 3 is 2.60 bits per heavy atom. The third-order valence-electron chi connectivity index (χ3n) is 6.04. The molecule has 2 aliphatic heterocycles. The van der Waals surface area contributed by atoms with Crippen LogP contribution >= 0.6 is 0 Å². The van der Waals surface area contributed by atoms with Crippen LogP contribution < -0.4 is 4.74 Å². The minimum Gasteiger partial charge on any atom is -0.497 e. The number of amides is 1. The van der Waals surface area contributed by atoms with E-state index in [-0.39, 0.29) is 18.1 Å². The topological polar surface area (TPSA) is 75.1 Å². The van der Waals surface area contributed by atoms with Gasteiger partial charge in [0.1, 0.15) is 5.75 Å². The van der Waals surface area contributed by atoms with Gasteiger partial charge in [-0.05, 0) is 48.7 Å². The summed E-state index contributed by atoms with van der Waals surface area (Å²) in [4.78, 5) is 21.0. The Labute approximate surface area is 177 Å². The van der Waals surface area contributed by atoms with Gasteiger partial charge in [0.15, 0.2) is 0 Å². The van der Waals surface area contributed by atoms with Crippen LogP contribution in [0.1, 0.15) is 28.8 Å². The Bertz CT molecular complexity index is 822. The first-order valence-corrected chi connectivity index (χ1v) is 10.5. The molecular weight excluding hydrogens is 382 g/mol. The van der Waals surface area contributed by atoms with Crippen LogP contribution in [0.2, 0.25) is 0 Å². The molecule has 0 unspecified atom stereocenters. The maximum absolute atomic E-state index is 12.8. The lowest BCUT2D eigenvalue weighted by Gasteiger charge is -2.36. The van der Waals surface area contributed by atoms with E-state index in [0.29, 0.717) is 25.3 Å². The second-order valence-electron chi connectivity index (χ2n) is 7.98. The number of aromatic nitrogens is 1. The normalized spacial score (nSPS) is 22.9. The van der Waals surface area contributed by atoms with Crippen molar-refractivity contribution < 1.29 is 19.4 Å². The number of likely N-dealkylation sites (tertiary alicyclic amines) is 2. The number of piperidine rings is 1. The zero-order chi connectivity index (χ0) is 20.9. The van der Waals surface area contributed by atoms with Crippen molar-refractivity contribution in [3.8, 4) is 5.75 Å². The van der Waals surface area contributed by atoms with Gasteiger partial charge in [-0.25, -0.2) is 0 Å². The first-order valence-electron chi connectivity index (χ1n) is 10.5. The van der Waals surface area contributed by atoms with Crippen molar-refractivity contribution in [2.24, 2.45) is 0 Å². The molecule has 1 N–H and O–H groups in total. The van der Waals surface area contributed by atoms with E-state index in [2.05, 4.69) is 9.88 Å². The largest absolute Gasteiger partial charge is 0.497 e. The Morgan fingerprint density at radius 2 is 1.93 bits per heavy atom. The Morgan fingerprint density at radius 1 is 1.17 bits per heavy atom. The van der Waals surface area contributed by atoms with Crippen molar-refractivity contribution in [2.45, 2.75) is 37.7 Å². The molecule has 0 radical (unpaired) electrons. The van der Waals surface area contributed by atoms with Gasteiger partial charge in [0, 0.05) is 44.1 Å². The van der Waals surface area contributed by atoms with E-state index in [1.807, 2.05) is 18.3 Å². The third kappa shape index (κ3) is 4.80. The summed E-state index contributed by atoms with van der Waals surface area (Å²) in [6.45, 7) is 3.23. The summed E-state index contributed by atoms with van der Waals surface area (Å²) in [5.74, 6) is 0.674. The Balaban J connectivity index is 1.27. The van der Waals surface area contributed by atoms with Crippen LogP contribution in [0.4, 0.5) is 0 Å². The van der Waals surface area contributed by atoms with Crippen LogP contribution in [-0.2, 0) is 11.3 Å². The van der Waals surface area contributed by atoms with Crippen LogP contribution in [0.15, 0.2) is 48.8 Å². The summed E-state index contributed by atoms with van der Waals surface area (Å²) < 4.78 is 11.2. The fraction of sp³-hybridized carbons (Fsp3) is 0.478. The summed E-state index contributed by atoms with van der Waals surface area (Å²) in [5.41, 5.74) is 1.70. The number of aliphatic hydroxyl groups is 1. The predicted molar refractivity (Wildman–Crippen MR) is 112 cm³/mol. The van der Waals surface area contributed by atoms with E-state index in [1.165, 1.54) is 0 Å². The van der Waals surface area contributed by atoms with E-state index in [9.17, 15) is 9.90 Å². The number of ether oxygens (including phenoxy) is 2. The zero-order valence-corrected chi connectivity index (χ0v) is 17.3. The van der Waals surface area contributed by atoms with E-state index in [0.717, 1.165) is 37.2 Å². The fourth-order valence-electron chi connectivity index (χ4n) is 4.28. The monoisotopic (exact) mass is 411 g/mol. The van der Waals surface area contributed by atoms with Crippen LogP contribution in [0.5, 0.6) is 5.75 Å². The zero-order valence-electron chi connectivity index (χ0n) is 17.3. The van der Waals surface area contributed by atoms with Crippen molar-refractivity contribution in [3.05, 3.63) is 59.9 Å². The van der Waals surface area contributed by atoms with Gasteiger partial charge in [-0.1, -0.05) is 6.07 Å². The number of aliphatic hydroxyl groups excluding tert-OH is 1. The van der Waals surface area contributed by atoms with Crippen LogP contribution in [-0.4, -0.2) is 77.3 Å². The van der Waals surface area contributed by atoms with Crippen molar-refractivity contribution >= 4 is 5.91 Å². The van der Waals surface area contributed by atoms with Crippen molar-refractivity contribution in [1.29, 1.82) is 0 Å². The molecule has 0 bridgehead atoms. The van der Waals surface area contributed by atoms with Crippen LogP contribution in [0.25, 0.3) is 0 Å². The van der Waals surface area contributed by atoms with E-state index in [1.54, 1.807) is 42.5 Å². The highest BCUT2D eigenvalue weighted by Gasteiger charge is 2.39. The van der Waals surface area contributed by atoms with Crippen molar-refractivity contribution in [1.82, 2.24) is 14.8 Å². The van der Waals surface area contributed by atoms with Gasteiger partial charge in [-0.15, -0.1) is 0 Å². The van der Waals surface area contributed by atoms with Gasteiger partial charge in [0.2, 0.25) is 0 Å². The molecule has 1 aromatic carbocycles. The fourth-order valence-corrected chi connectivity index (χ4v) is 4.28. The lowest BCUT2D eigenvalue weighted by Crippen LogP contribution is -2.48. The lowest BCUT2D eigenvalue weighted by molar-refractivity contribution is -0.0213. The highest BCUT2D eigenvalue weighted by atomic mass is 16.5. The summed E-state index contributed by atoms with van der Waals surface area (Å²) in [6.07, 6.45) is 5.14. The number of nitrogens with zero attached hydrogens (tertiary/aromatic N) is 3. The minimum atomic E-state index is -0.528. The SMILES string of the molecule is COc1ccc(C(=O)N2C[C@@H](O)[C@H](N3CCC(OCc4cccnc4)CC3)C2)cc1. The number of β-amino-alcohol motifs (C(OH)–C–C–N with tert-alkyl or cyclic N) is 1. The number of rotatable bonds is 6. The summed E-state index contributed by atoms with van der Waals surface area (Å²) in [6, 6.07) is 11.0. The van der Waals surface area contributed by atoms with E-state index in [4.69, 9.17) is 9.47 Å². The molecule has 2 aliphatic rings. The number of carbonyl (C=O) groups is 1.